The van der Waals surface area contributed by atoms with Gasteiger partial charge in [0.1, 0.15) is 0 Å². The molecule has 2 bridgehead atoms. The first-order valence-electron chi connectivity index (χ1n) is 9.42. The highest BCUT2D eigenvalue weighted by Crippen LogP contribution is 2.21. The molecule has 138 valence electrons. The molecular weight excluding hydrogens is 328 g/mol. The zero-order chi connectivity index (χ0) is 18.1. The Morgan fingerprint density at radius 2 is 2.04 bits per heavy atom. The number of likely N-dealkylation sites (N-methyl/N-ethyl adjacent to an activating group) is 1. The molecule has 6 nitrogen and oxygen atoms in total. The van der Waals surface area contributed by atoms with E-state index in [4.69, 9.17) is 0 Å². The molecule has 6 heteroatoms. The molecule has 2 amide bonds. The lowest BCUT2D eigenvalue weighted by molar-refractivity contribution is -0.140. The lowest BCUT2D eigenvalue weighted by Crippen LogP contribution is -2.45. The van der Waals surface area contributed by atoms with Crippen molar-refractivity contribution in [1.29, 1.82) is 0 Å². The maximum absolute atomic E-state index is 12.6. The number of likely N-dealkylation sites (tertiary alicyclic amines) is 1. The summed E-state index contributed by atoms with van der Waals surface area (Å²) in [6.07, 6.45) is 4.74. The van der Waals surface area contributed by atoms with Crippen molar-refractivity contribution in [3.63, 3.8) is 0 Å². The van der Waals surface area contributed by atoms with Gasteiger partial charge in [-0.1, -0.05) is 18.2 Å². The molecule has 1 aromatic carbocycles. The van der Waals surface area contributed by atoms with Crippen LogP contribution >= 0.6 is 0 Å². The summed E-state index contributed by atoms with van der Waals surface area (Å²) >= 11 is 0. The normalized spacial score (nSPS) is 22.7. The molecule has 0 aliphatic carbocycles. The first-order valence-corrected chi connectivity index (χ1v) is 9.42. The van der Waals surface area contributed by atoms with E-state index in [2.05, 4.69) is 34.3 Å². The fourth-order valence-electron chi connectivity index (χ4n) is 4.07. The Bertz CT molecular complexity index is 815. The minimum Gasteiger partial charge on any atom is -0.346 e. The molecule has 0 spiro atoms. The Morgan fingerprint density at radius 3 is 2.92 bits per heavy atom. The van der Waals surface area contributed by atoms with Crippen molar-refractivity contribution < 1.29 is 9.59 Å². The monoisotopic (exact) mass is 354 g/mol. The van der Waals surface area contributed by atoms with E-state index in [9.17, 15) is 9.59 Å². The number of carbonyl (C=O) groups excluding carboxylic acids is 2. The van der Waals surface area contributed by atoms with Crippen molar-refractivity contribution in [2.24, 2.45) is 0 Å². The highest BCUT2D eigenvalue weighted by molar-refractivity contribution is 5.85. The van der Waals surface area contributed by atoms with Crippen LogP contribution in [0.3, 0.4) is 0 Å². The summed E-state index contributed by atoms with van der Waals surface area (Å²) in [6, 6.07) is 11.0. The van der Waals surface area contributed by atoms with Gasteiger partial charge in [-0.25, -0.2) is 0 Å². The highest BCUT2D eigenvalue weighted by atomic mass is 16.2. The maximum atomic E-state index is 12.6. The molecule has 2 fully saturated rings. The number of hydrogen-bond donors (Lipinski definition) is 1. The molecule has 1 N–H and O–H groups in total. The van der Waals surface area contributed by atoms with Crippen LogP contribution in [-0.4, -0.2) is 64.9 Å². The average Bonchev–Trinajstić information content (AvgIpc) is 3.21. The number of rotatable bonds is 5. The fourth-order valence-corrected chi connectivity index (χ4v) is 4.07. The number of hydrogen-bond acceptors (Lipinski definition) is 3. The predicted molar refractivity (Wildman–Crippen MR) is 101 cm³/mol. The largest absolute Gasteiger partial charge is 0.346 e. The zero-order valence-corrected chi connectivity index (χ0v) is 15.2. The number of carbonyl (C=O) groups is 2. The molecule has 2 aromatic rings. The second kappa shape index (κ2) is 7.11. The number of fused-ring (bicyclic) bond motifs is 3. The van der Waals surface area contributed by atoms with Gasteiger partial charge in [0.05, 0.1) is 6.54 Å². The fraction of sp³-hybridized carbons (Fsp3) is 0.500. The third-order valence-electron chi connectivity index (χ3n) is 5.66. The molecule has 0 radical (unpaired) electrons. The summed E-state index contributed by atoms with van der Waals surface area (Å²) in [7, 11) is 1.82. The summed E-state index contributed by atoms with van der Waals surface area (Å²) < 4.78 is 2.17. The van der Waals surface area contributed by atoms with Gasteiger partial charge in [0.25, 0.3) is 0 Å². The summed E-state index contributed by atoms with van der Waals surface area (Å²) in [5.74, 6) is 0.107. The number of benzene rings is 1. The van der Waals surface area contributed by atoms with Crippen molar-refractivity contribution in [3.8, 4) is 0 Å². The zero-order valence-electron chi connectivity index (χ0n) is 15.2. The van der Waals surface area contributed by atoms with Crippen molar-refractivity contribution in [2.75, 3.05) is 26.7 Å². The van der Waals surface area contributed by atoms with Crippen molar-refractivity contribution in [3.05, 3.63) is 36.5 Å². The number of nitrogens with one attached hydrogen (secondary N) is 1. The number of aromatic nitrogens is 1. The average molecular weight is 354 g/mol. The van der Waals surface area contributed by atoms with Crippen molar-refractivity contribution in [1.82, 2.24) is 19.7 Å². The Balaban J connectivity index is 1.33. The third kappa shape index (κ3) is 3.46. The molecule has 0 unspecified atom stereocenters. The van der Waals surface area contributed by atoms with Gasteiger partial charge in [0.15, 0.2) is 0 Å². The van der Waals surface area contributed by atoms with Gasteiger partial charge in [-0.3, -0.25) is 9.59 Å². The molecule has 4 rings (SSSR count). The Kier molecular flexibility index (Phi) is 4.68. The molecule has 26 heavy (non-hydrogen) atoms. The SMILES string of the molecule is CN(CCn1ccc2ccccc21)C(=O)CN1C[C@@H]2CC[C@H](CC1=O)N2. The molecular formula is C20H26N4O2. The maximum Gasteiger partial charge on any atom is 0.241 e. The molecule has 2 aliphatic rings. The molecule has 1 aromatic heterocycles. The predicted octanol–water partition coefficient (Wildman–Crippen LogP) is 1.45. The minimum atomic E-state index is 0.00702. The third-order valence-corrected chi connectivity index (χ3v) is 5.66. The summed E-state index contributed by atoms with van der Waals surface area (Å²) in [5, 5.41) is 4.69. The Labute approximate surface area is 153 Å². The van der Waals surface area contributed by atoms with E-state index < -0.39 is 0 Å². The number of para-hydroxylation sites is 1. The van der Waals surface area contributed by atoms with Crippen molar-refractivity contribution >= 4 is 22.7 Å². The van der Waals surface area contributed by atoms with Crippen LogP contribution in [0.25, 0.3) is 10.9 Å². The second-order valence-corrected chi connectivity index (χ2v) is 7.50. The Morgan fingerprint density at radius 1 is 1.23 bits per heavy atom. The van der Waals surface area contributed by atoms with E-state index in [0.29, 0.717) is 31.6 Å². The van der Waals surface area contributed by atoms with Gasteiger partial charge in [-0.15, -0.1) is 0 Å². The van der Waals surface area contributed by atoms with Gasteiger partial charge >= 0.3 is 0 Å². The minimum absolute atomic E-state index is 0.00702. The number of nitrogens with zero attached hydrogens (tertiary/aromatic N) is 3. The van der Waals surface area contributed by atoms with Crippen LogP contribution in [0.1, 0.15) is 19.3 Å². The quantitative estimate of drug-likeness (QED) is 0.884. The standard InChI is InChI=1S/C20H26N4O2/c1-22(10-11-23-9-8-15-4-2-3-5-18(15)23)20(26)14-24-13-17-7-6-16(21-17)12-19(24)25/h2-5,8-9,16-17,21H,6-7,10-14H2,1H3/t16-,17+/m1/s1. The lowest BCUT2D eigenvalue weighted by Gasteiger charge is -2.26. The Hall–Kier alpha value is -2.34. The van der Waals surface area contributed by atoms with Crippen LogP contribution in [0.4, 0.5) is 0 Å². The van der Waals surface area contributed by atoms with Gasteiger partial charge in [0, 0.05) is 56.9 Å². The summed E-state index contributed by atoms with van der Waals surface area (Å²) in [5.41, 5.74) is 1.18. The molecule has 2 saturated heterocycles. The van der Waals surface area contributed by atoms with E-state index in [1.807, 2.05) is 19.2 Å². The van der Waals surface area contributed by atoms with Gasteiger partial charge in [-0.05, 0) is 30.4 Å². The van der Waals surface area contributed by atoms with E-state index in [1.165, 1.54) is 10.9 Å². The van der Waals surface area contributed by atoms with Crippen LogP contribution in [0.15, 0.2) is 36.5 Å². The van der Waals surface area contributed by atoms with E-state index in [-0.39, 0.29) is 18.4 Å². The van der Waals surface area contributed by atoms with Gasteiger partial charge in [0.2, 0.25) is 11.8 Å². The molecule has 2 aliphatic heterocycles. The van der Waals surface area contributed by atoms with Gasteiger partial charge < -0.3 is 19.7 Å². The number of amides is 2. The first kappa shape index (κ1) is 17.1. The smallest absolute Gasteiger partial charge is 0.241 e. The van der Waals surface area contributed by atoms with E-state index in [0.717, 1.165) is 19.4 Å². The molecule has 3 heterocycles. The van der Waals surface area contributed by atoms with Crippen molar-refractivity contribution in [2.45, 2.75) is 37.9 Å². The highest BCUT2D eigenvalue weighted by Gasteiger charge is 2.34. The van der Waals surface area contributed by atoms with Crippen LogP contribution in [0.2, 0.25) is 0 Å². The molecule has 0 saturated carbocycles. The van der Waals surface area contributed by atoms with E-state index in [1.54, 1.807) is 9.80 Å². The lowest BCUT2D eigenvalue weighted by atomic mass is 10.1. The molecule has 2 atom stereocenters. The second-order valence-electron chi connectivity index (χ2n) is 7.50. The van der Waals surface area contributed by atoms with E-state index >= 15 is 0 Å². The van der Waals surface area contributed by atoms with Crippen LogP contribution in [0.5, 0.6) is 0 Å². The van der Waals surface area contributed by atoms with Crippen LogP contribution in [-0.2, 0) is 16.1 Å². The summed E-state index contributed by atoms with van der Waals surface area (Å²) in [4.78, 5) is 28.4. The van der Waals surface area contributed by atoms with Gasteiger partial charge in [-0.2, -0.15) is 0 Å². The van der Waals surface area contributed by atoms with Crippen LogP contribution < -0.4 is 5.32 Å². The van der Waals surface area contributed by atoms with Crippen LogP contribution in [0, 0.1) is 0 Å². The first-order chi connectivity index (χ1) is 12.6. The summed E-state index contributed by atoms with van der Waals surface area (Å²) in [6.45, 7) is 2.21. The topological polar surface area (TPSA) is 57.6 Å².